The largest absolute Gasteiger partial charge is 0.374 e. The third-order valence-corrected chi connectivity index (χ3v) is 5.51. The molecule has 0 aromatic heterocycles. The quantitative estimate of drug-likeness (QED) is 0.832. The highest BCUT2D eigenvalue weighted by atomic mass is 32.2. The van der Waals surface area contributed by atoms with Crippen molar-refractivity contribution in [1.82, 2.24) is 4.90 Å². The minimum absolute atomic E-state index is 0.198. The second kappa shape index (κ2) is 6.60. The first kappa shape index (κ1) is 14.6. The van der Waals surface area contributed by atoms with Gasteiger partial charge < -0.3 is 10.5 Å². The first-order valence-corrected chi connectivity index (χ1v) is 8.50. The Balaban J connectivity index is 1.96. The van der Waals surface area contributed by atoms with Crippen molar-refractivity contribution in [3.8, 4) is 0 Å². The summed E-state index contributed by atoms with van der Waals surface area (Å²) in [5, 5.41) is 0. The number of rotatable bonds is 5. The third kappa shape index (κ3) is 3.41. The molecule has 2 atom stereocenters. The number of ether oxygens (including phenoxy) is 1. The van der Waals surface area contributed by atoms with Gasteiger partial charge in [-0.05, 0) is 58.4 Å². The van der Waals surface area contributed by atoms with E-state index in [9.17, 15) is 0 Å². The molecular formula is C14H28N2OS. The van der Waals surface area contributed by atoms with Crippen molar-refractivity contribution in [3.63, 3.8) is 0 Å². The van der Waals surface area contributed by atoms with Gasteiger partial charge in [-0.1, -0.05) is 0 Å². The summed E-state index contributed by atoms with van der Waals surface area (Å²) in [6.07, 6.45) is 4.77. The summed E-state index contributed by atoms with van der Waals surface area (Å²) in [7, 11) is 0. The Morgan fingerprint density at radius 3 is 2.94 bits per heavy atom. The van der Waals surface area contributed by atoms with E-state index in [4.69, 9.17) is 10.5 Å². The van der Waals surface area contributed by atoms with Crippen LogP contribution in [0, 0.1) is 0 Å². The standard InChI is InChI=1S/C14H28N2OS/c1-12(2)16(7-3-6-15)13-4-8-17-14(10-13)5-9-18-11-14/h12-13H,3-11,15H2,1-2H3. The van der Waals surface area contributed by atoms with Crippen LogP contribution in [-0.2, 0) is 4.74 Å². The molecule has 2 N–H and O–H groups in total. The molecule has 2 saturated heterocycles. The van der Waals surface area contributed by atoms with Gasteiger partial charge in [0.1, 0.15) is 0 Å². The smallest absolute Gasteiger partial charge is 0.0795 e. The van der Waals surface area contributed by atoms with E-state index in [1.54, 1.807) is 0 Å². The second-order valence-corrected chi connectivity index (χ2v) is 7.06. The van der Waals surface area contributed by atoms with E-state index in [1.807, 2.05) is 0 Å². The predicted molar refractivity (Wildman–Crippen MR) is 79.2 cm³/mol. The molecule has 106 valence electrons. The molecule has 2 unspecified atom stereocenters. The number of nitrogens with zero attached hydrogens (tertiary/aromatic N) is 1. The minimum Gasteiger partial charge on any atom is -0.374 e. The van der Waals surface area contributed by atoms with Crippen LogP contribution in [0.3, 0.4) is 0 Å². The van der Waals surface area contributed by atoms with Gasteiger partial charge in [0.05, 0.1) is 5.60 Å². The highest BCUT2D eigenvalue weighted by molar-refractivity contribution is 7.99. The zero-order chi connectivity index (χ0) is 13.0. The fourth-order valence-electron chi connectivity index (χ4n) is 3.28. The topological polar surface area (TPSA) is 38.5 Å². The SMILES string of the molecule is CC(C)N(CCCN)C1CCOC2(CCSC2)C1. The molecule has 0 radical (unpaired) electrons. The molecule has 0 aliphatic carbocycles. The molecule has 3 nitrogen and oxygen atoms in total. The zero-order valence-electron chi connectivity index (χ0n) is 11.9. The molecule has 2 fully saturated rings. The Kier molecular flexibility index (Phi) is 5.36. The van der Waals surface area contributed by atoms with Gasteiger partial charge >= 0.3 is 0 Å². The van der Waals surface area contributed by atoms with Gasteiger partial charge in [-0.3, -0.25) is 4.90 Å². The summed E-state index contributed by atoms with van der Waals surface area (Å²) in [4.78, 5) is 2.65. The van der Waals surface area contributed by atoms with E-state index in [0.29, 0.717) is 12.1 Å². The second-order valence-electron chi connectivity index (χ2n) is 5.95. The zero-order valence-corrected chi connectivity index (χ0v) is 12.7. The highest BCUT2D eigenvalue weighted by Crippen LogP contribution is 2.39. The molecule has 2 aliphatic heterocycles. The Morgan fingerprint density at radius 1 is 1.50 bits per heavy atom. The molecule has 1 spiro atoms. The molecule has 0 saturated carbocycles. The van der Waals surface area contributed by atoms with Crippen LogP contribution in [0.2, 0.25) is 0 Å². The van der Waals surface area contributed by atoms with Crippen LogP contribution in [0.15, 0.2) is 0 Å². The van der Waals surface area contributed by atoms with E-state index in [1.165, 1.54) is 30.8 Å². The summed E-state index contributed by atoms with van der Waals surface area (Å²) in [5.74, 6) is 2.48. The molecule has 2 heterocycles. The lowest BCUT2D eigenvalue weighted by molar-refractivity contribution is -0.0935. The van der Waals surface area contributed by atoms with E-state index in [2.05, 4.69) is 30.5 Å². The third-order valence-electron chi connectivity index (χ3n) is 4.29. The first-order chi connectivity index (χ1) is 8.67. The first-order valence-electron chi connectivity index (χ1n) is 7.34. The number of nitrogens with two attached hydrogens (primary N) is 1. The average Bonchev–Trinajstić information content (AvgIpc) is 2.77. The minimum atomic E-state index is 0.198. The molecular weight excluding hydrogens is 244 g/mol. The van der Waals surface area contributed by atoms with Gasteiger partial charge in [-0.15, -0.1) is 0 Å². The monoisotopic (exact) mass is 272 g/mol. The molecule has 0 aromatic rings. The maximum atomic E-state index is 6.12. The molecule has 4 heteroatoms. The lowest BCUT2D eigenvalue weighted by atomic mass is 9.88. The summed E-state index contributed by atoms with van der Waals surface area (Å²) >= 11 is 2.06. The van der Waals surface area contributed by atoms with Crippen molar-refractivity contribution in [2.24, 2.45) is 5.73 Å². The molecule has 2 aliphatic rings. The summed E-state index contributed by atoms with van der Waals surface area (Å²) in [6.45, 7) is 7.50. The van der Waals surface area contributed by atoms with Crippen LogP contribution in [0.5, 0.6) is 0 Å². The van der Waals surface area contributed by atoms with E-state index < -0.39 is 0 Å². The number of thioether (sulfide) groups is 1. The van der Waals surface area contributed by atoms with Gasteiger partial charge in [0.2, 0.25) is 0 Å². The van der Waals surface area contributed by atoms with Crippen molar-refractivity contribution in [1.29, 1.82) is 0 Å². The molecule has 0 aromatic carbocycles. The number of hydrogen-bond acceptors (Lipinski definition) is 4. The lowest BCUT2D eigenvalue weighted by Gasteiger charge is -2.44. The van der Waals surface area contributed by atoms with E-state index >= 15 is 0 Å². The fourth-order valence-corrected chi connectivity index (χ4v) is 4.66. The Hall–Kier alpha value is 0.230. The van der Waals surface area contributed by atoms with Crippen molar-refractivity contribution < 1.29 is 4.74 Å². The molecule has 0 amide bonds. The average molecular weight is 272 g/mol. The maximum absolute atomic E-state index is 6.12. The van der Waals surface area contributed by atoms with Crippen LogP contribution in [0.1, 0.15) is 39.5 Å². The van der Waals surface area contributed by atoms with E-state index in [0.717, 1.165) is 26.1 Å². The van der Waals surface area contributed by atoms with Gasteiger partial charge in [0.25, 0.3) is 0 Å². The van der Waals surface area contributed by atoms with Gasteiger partial charge in [-0.25, -0.2) is 0 Å². The van der Waals surface area contributed by atoms with Crippen LogP contribution >= 0.6 is 11.8 Å². The van der Waals surface area contributed by atoms with Crippen LogP contribution < -0.4 is 5.73 Å². The summed E-state index contributed by atoms with van der Waals surface area (Å²) < 4.78 is 6.12. The van der Waals surface area contributed by atoms with E-state index in [-0.39, 0.29) is 5.60 Å². The summed E-state index contributed by atoms with van der Waals surface area (Å²) in [6, 6.07) is 1.31. The van der Waals surface area contributed by atoms with Gasteiger partial charge in [0.15, 0.2) is 0 Å². The van der Waals surface area contributed by atoms with Crippen molar-refractivity contribution in [2.75, 3.05) is 31.2 Å². The van der Waals surface area contributed by atoms with Crippen LogP contribution in [0.4, 0.5) is 0 Å². The highest BCUT2D eigenvalue weighted by Gasteiger charge is 2.42. The number of hydrogen-bond donors (Lipinski definition) is 1. The Labute approximate surface area is 116 Å². The summed E-state index contributed by atoms with van der Waals surface area (Å²) in [5.41, 5.74) is 5.87. The van der Waals surface area contributed by atoms with Crippen molar-refractivity contribution in [3.05, 3.63) is 0 Å². The lowest BCUT2D eigenvalue weighted by Crippen LogP contribution is -2.51. The molecule has 2 rings (SSSR count). The van der Waals surface area contributed by atoms with Gasteiger partial charge in [-0.2, -0.15) is 11.8 Å². The predicted octanol–water partition coefficient (Wildman–Crippen LogP) is 2.10. The Bertz CT molecular complexity index is 254. The maximum Gasteiger partial charge on any atom is 0.0795 e. The van der Waals surface area contributed by atoms with Crippen molar-refractivity contribution in [2.45, 2.75) is 57.2 Å². The fraction of sp³-hybridized carbons (Fsp3) is 1.00. The Morgan fingerprint density at radius 2 is 2.33 bits per heavy atom. The molecule has 18 heavy (non-hydrogen) atoms. The van der Waals surface area contributed by atoms with Gasteiger partial charge in [0, 0.05) is 24.4 Å². The normalized spacial score (nSPS) is 32.8. The van der Waals surface area contributed by atoms with Crippen LogP contribution in [0.25, 0.3) is 0 Å². The molecule has 0 bridgehead atoms. The van der Waals surface area contributed by atoms with Crippen molar-refractivity contribution >= 4 is 11.8 Å². The van der Waals surface area contributed by atoms with Crippen LogP contribution in [-0.4, -0.2) is 53.8 Å².